The molecule has 10 heteroatoms. The second kappa shape index (κ2) is 13.4. The number of aliphatic imine (C=N–C) groups is 1. The van der Waals surface area contributed by atoms with Crippen LogP contribution in [0.25, 0.3) is 5.70 Å². The van der Waals surface area contributed by atoms with Gasteiger partial charge in [-0.1, -0.05) is 54.2 Å². The lowest BCUT2D eigenvalue weighted by atomic mass is 9.91. The third-order valence-corrected chi connectivity index (χ3v) is 7.74. The SMILES string of the molecule is CCOC(=O)C1=C(c2ccccc2)N=C2SC=C(CC(=O)NCCc3ccccn3)N2[C@@H]1c1ccc(OC)c(OC)c1. The molecule has 5 rings (SSSR count). The van der Waals surface area contributed by atoms with Crippen molar-refractivity contribution in [1.29, 1.82) is 0 Å². The molecule has 1 aromatic heterocycles. The zero-order valence-electron chi connectivity index (χ0n) is 23.7. The maximum absolute atomic E-state index is 13.7. The van der Waals surface area contributed by atoms with E-state index in [4.69, 9.17) is 19.2 Å². The van der Waals surface area contributed by atoms with E-state index in [1.807, 2.05) is 77.0 Å². The fraction of sp³-hybridized carbons (Fsp3) is 0.250. The smallest absolute Gasteiger partial charge is 0.338 e. The molecule has 3 heterocycles. The molecule has 42 heavy (non-hydrogen) atoms. The lowest BCUT2D eigenvalue weighted by molar-refractivity contribution is -0.139. The van der Waals surface area contributed by atoms with E-state index in [1.54, 1.807) is 27.3 Å². The van der Waals surface area contributed by atoms with Crippen molar-refractivity contribution >= 4 is 34.5 Å². The van der Waals surface area contributed by atoms with Crippen molar-refractivity contribution in [2.45, 2.75) is 25.8 Å². The Balaban J connectivity index is 1.52. The average Bonchev–Trinajstić information content (AvgIpc) is 3.42. The first-order valence-electron chi connectivity index (χ1n) is 13.6. The van der Waals surface area contributed by atoms with Crippen LogP contribution in [0.2, 0.25) is 0 Å². The molecule has 2 aliphatic heterocycles. The minimum atomic E-state index is -0.630. The summed E-state index contributed by atoms with van der Waals surface area (Å²) in [6, 6.07) is 20.2. The number of benzene rings is 2. The molecule has 0 radical (unpaired) electrons. The summed E-state index contributed by atoms with van der Waals surface area (Å²) in [5, 5.41) is 5.58. The number of thioether (sulfide) groups is 1. The highest BCUT2D eigenvalue weighted by atomic mass is 32.2. The molecule has 216 valence electrons. The first-order valence-corrected chi connectivity index (χ1v) is 14.5. The Labute approximate surface area is 249 Å². The number of amidine groups is 1. The van der Waals surface area contributed by atoms with Gasteiger partial charge < -0.3 is 24.4 Å². The summed E-state index contributed by atoms with van der Waals surface area (Å²) in [7, 11) is 3.14. The normalized spacial score (nSPS) is 15.9. The first-order chi connectivity index (χ1) is 20.5. The van der Waals surface area contributed by atoms with Crippen LogP contribution in [0.4, 0.5) is 0 Å². The number of carbonyl (C=O) groups is 2. The van der Waals surface area contributed by atoms with Crippen molar-refractivity contribution in [2.75, 3.05) is 27.4 Å². The van der Waals surface area contributed by atoms with Crippen LogP contribution in [0.1, 0.15) is 36.2 Å². The van der Waals surface area contributed by atoms with Gasteiger partial charge in [0.05, 0.1) is 44.6 Å². The highest BCUT2D eigenvalue weighted by Gasteiger charge is 2.42. The minimum Gasteiger partial charge on any atom is -0.493 e. The number of fused-ring (bicyclic) bond motifs is 1. The molecule has 1 amide bonds. The molecule has 0 saturated carbocycles. The number of nitrogens with one attached hydrogen (secondary N) is 1. The molecular formula is C32H32N4O5S. The van der Waals surface area contributed by atoms with E-state index in [2.05, 4.69) is 10.3 Å². The third kappa shape index (κ3) is 6.18. The molecule has 2 aromatic carbocycles. The zero-order chi connectivity index (χ0) is 29.5. The van der Waals surface area contributed by atoms with Gasteiger partial charge in [-0.2, -0.15) is 0 Å². The molecule has 1 N–H and O–H groups in total. The van der Waals surface area contributed by atoms with Gasteiger partial charge in [-0.15, -0.1) is 0 Å². The number of rotatable bonds is 11. The maximum Gasteiger partial charge on any atom is 0.338 e. The van der Waals surface area contributed by atoms with Crippen LogP contribution in [-0.2, 0) is 20.7 Å². The zero-order valence-corrected chi connectivity index (χ0v) is 24.5. The Morgan fingerprint density at radius 2 is 1.79 bits per heavy atom. The molecule has 2 aliphatic rings. The topological polar surface area (TPSA) is 102 Å². The largest absolute Gasteiger partial charge is 0.493 e. The van der Waals surface area contributed by atoms with Crippen LogP contribution in [0, 0.1) is 0 Å². The number of nitrogens with zero attached hydrogens (tertiary/aromatic N) is 3. The minimum absolute atomic E-state index is 0.106. The number of esters is 1. The van der Waals surface area contributed by atoms with Crippen molar-refractivity contribution in [2.24, 2.45) is 4.99 Å². The van der Waals surface area contributed by atoms with Crippen LogP contribution in [-0.4, -0.2) is 54.3 Å². The molecule has 9 nitrogen and oxygen atoms in total. The molecule has 0 spiro atoms. The van der Waals surface area contributed by atoms with E-state index in [0.717, 1.165) is 22.5 Å². The van der Waals surface area contributed by atoms with Gasteiger partial charge in [0.15, 0.2) is 16.7 Å². The van der Waals surface area contributed by atoms with Gasteiger partial charge in [0.25, 0.3) is 0 Å². The van der Waals surface area contributed by atoms with Gasteiger partial charge in [0.2, 0.25) is 5.91 Å². The third-order valence-electron chi connectivity index (χ3n) is 6.85. The summed E-state index contributed by atoms with van der Waals surface area (Å²) in [5.41, 5.74) is 4.10. The lowest BCUT2D eigenvalue weighted by Gasteiger charge is -2.37. The van der Waals surface area contributed by atoms with Crippen molar-refractivity contribution in [3.05, 3.63) is 106 Å². The average molecular weight is 585 g/mol. The van der Waals surface area contributed by atoms with E-state index in [1.165, 1.54) is 11.8 Å². The van der Waals surface area contributed by atoms with Gasteiger partial charge >= 0.3 is 5.97 Å². The predicted molar refractivity (Wildman–Crippen MR) is 163 cm³/mol. The molecule has 0 fully saturated rings. The van der Waals surface area contributed by atoms with Crippen molar-refractivity contribution in [3.63, 3.8) is 0 Å². The van der Waals surface area contributed by atoms with Crippen LogP contribution in [0.3, 0.4) is 0 Å². The number of methoxy groups -OCH3 is 2. The standard InChI is InChI=1S/C32H32N4O5S/c1-4-41-31(38)28-29(21-10-6-5-7-11-21)35-32-36(30(28)22-13-14-25(39-2)26(18-22)40-3)24(20-42-32)19-27(37)34-17-15-23-12-8-9-16-33-23/h5-14,16,18,20,30H,4,15,17,19H2,1-3H3,(H,34,37)/t30-/m1/s1. The Kier molecular flexibility index (Phi) is 9.23. The van der Waals surface area contributed by atoms with E-state index in [9.17, 15) is 9.59 Å². The number of carbonyl (C=O) groups excluding carboxylic acids is 2. The quantitative estimate of drug-likeness (QED) is 0.310. The van der Waals surface area contributed by atoms with Crippen LogP contribution >= 0.6 is 11.8 Å². The highest BCUT2D eigenvalue weighted by molar-refractivity contribution is 8.16. The van der Waals surface area contributed by atoms with Crippen molar-refractivity contribution < 1.29 is 23.8 Å². The Bertz CT molecular complexity index is 1540. The highest BCUT2D eigenvalue weighted by Crippen LogP contribution is 2.48. The van der Waals surface area contributed by atoms with E-state index in [0.29, 0.717) is 40.9 Å². The summed E-state index contributed by atoms with van der Waals surface area (Å²) in [5.74, 6) is 0.471. The summed E-state index contributed by atoms with van der Waals surface area (Å²) in [6.07, 6.45) is 2.47. The number of aromatic nitrogens is 1. The van der Waals surface area contributed by atoms with Gasteiger partial charge in [-0.3, -0.25) is 9.78 Å². The number of hydrogen-bond acceptors (Lipinski definition) is 9. The summed E-state index contributed by atoms with van der Waals surface area (Å²) in [4.78, 5) is 38.0. The molecule has 0 unspecified atom stereocenters. The van der Waals surface area contributed by atoms with E-state index in [-0.39, 0.29) is 18.9 Å². The lowest BCUT2D eigenvalue weighted by Crippen LogP contribution is -2.38. The van der Waals surface area contributed by atoms with Crippen LogP contribution < -0.4 is 14.8 Å². The van der Waals surface area contributed by atoms with Gasteiger partial charge in [0.1, 0.15) is 0 Å². The van der Waals surface area contributed by atoms with Crippen LogP contribution in [0.5, 0.6) is 11.5 Å². The summed E-state index contributed by atoms with van der Waals surface area (Å²) >= 11 is 1.42. The molecule has 0 aliphatic carbocycles. The first kappa shape index (κ1) is 28.9. The number of amides is 1. The van der Waals surface area contributed by atoms with Crippen LogP contribution in [0.15, 0.2) is 94.6 Å². The van der Waals surface area contributed by atoms with E-state index < -0.39 is 12.0 Å². The maximum atomic E-state index is 13.7. The Morgan fingerprint density at radius 1 is 1.00 bits per heavy atom. The Hall–Kier alpha value is -4.57. The van der Waals surface area contributed by atoms with Crippen molar-refractivity contribution in [3.8, 4) is 11.5 Å². The second-order valence-corrected chi connectivity index (χ2v) is 10.3. The fourth-order valence-electron chi connectivity index (χ4n) is 4.93. The van der Waals surface area contributed by atoms with Crippen molar-refractivity contribution in [1.82, 2.24) is 15.2 Å². The monoisotopic (exact) mass is 584 g/mol. The number of hydrogen-bond donors (Lipinski definition) is 1. The molecule has 3 aromatic rings. The summed E-state index contributed by atoms with van der Waals surface area (Å²) in [6.45, 7) is 2.44. The van der Waals surface area contributed by atoms with E-state index >= 15 is 0 Å². The molecule has 1 atom stereocenters. The number of pyridine rings is 1. The molecule has 0 saturated heterocycles. The van der Waals surface area contributed by atoms with Gasteiger partial charge in [-0.25, -0.2) is 9.79 Å². The Morgan fingerprint density at radius 3 is 2.50 bits per heavy atom. The van der Waals surface area contributed by atoms with Gasteiger partial charge in [0, 0.05) is 36.1 Å². The van der Waals surface area contributed by atoms with Gasteiger partial charge in [-0.05, 0) is 42.2 Å². The second-order valence-electron chi connectivity index (χ2n) is 9.45. The molecular weight excluding hydrogens is 552 g/mol. The molecule has 0 bridgehead atoms. The predicted octanol–water partition coefficient (Wildman–Crippen LogP) is 5.12. The summed E-state index contributed by atoms with van der Waals surface area (Å²) < 4.78 is 16.7. The number of ether oxygens (including phenoxy) is 3. The fourth-order valence-corrected chi connectivity index (χ4v) is 5.85.